The summed E-state index contributed by atoms with van der Waals surface area (Å²) in [6.07, 6.45) is 5.56. The first-order chi connectivity index (χ1) is 12.1. The predicted octanol–water partition coefficient (Wildman–Crippen LogP) is 3.72. The van der Waals surface area contributed by atoms with E-state index in [1.165, 1.54) is 11.3 Å². The van der Waals surface area contributed by atoms with Crippen LogP contribution >= 0.6 is 11.3 Å². The van der Waals surface area contributed by atoms with Gasteiger partial charge in [-0.05, 0) is 32.0 Å². The molecule has 6 nitrogen and oxygen atoms in total. The van der Waals surface area contributed by atoms with E-state index in [4.69, 9.17) is 0 Å². The van der Waals surface area contributed by atoms with Crippen molar-refractivity contribution in [2.45, 2.75) is 13.8 Å². The van der Waals surface area contributed by atoms with Gasteiger partial charge in [0.25, 0.3) is 5.91 Å². The summed E-state index contributed by atoms with van der Waals surface area (Å²) in [7, 11) is 0. The Morgan fingerprint density at radius 3 is 2.64 bits per heavy atom. The summed E-state index contributed by atoms with van der Waals surface area (Å²) in [6.45, 7) is 3.74. The zero-order chi connectivity index (χ0) is 17.4. The van der Waals surface area contributed by atoms with E-state index in [1.807, 2.05) is 61.0 Å². The molecule has 4 rings (SSSR count). The number of aryl methyl sites for hydroxylation is 2. The predicted molar refractivity (Wildman–Crippen MR) is 98.0 cm³/mol. The number of nitrogens with zero attached hydrogens (tertiary/aromatic N) is 4. The molecule has 3 aromatic heterocycles. The SMILES string of the molecule is Cc1nc(C)c(C(=O)Nc2ccc(-c3cn4cccnc4n3)cc2)s1. The van der Waals surface area contributed by atoms with Gasteiger partial charge in [0.05, 0.1) is 16.4 Å². The van der Waals surface area contributed by atoms with Gasteiger partial charge >= 0.3 is 0 Å². The number of thiazole rings is 1. The summed E-state index contributed by atoms with van der Waals surface area (Å²) in [5.41, 5.74) is 3.30. The molecular weight excluding hydrogens is 334 g/mol. The normalized spacial score (nSPS) is 11.0. The molecule has 0 aliphatic carbocycles. The molecule has 0 spiro atoms. The number of rotatable bonds is 3. The number of fused-ring (bicyclic) bond motifs is 1. The summed E-state index contributed by atoms with van der Waals surface area (Å²) >= 11 is 1.40. The molecule has 124 valence electrons. The van der Waals surface area contributed by atoms with Gasteiger partial charge in [-0.15, -0.1) is 11.3 Å². The molecule has 1 aromatic carbocycles. The highest BCUT2D eigenvalue weighted by Crippen LogP contribution is 2.22. The number of hydrogen-bond acceptors (Lipinski definition) is 5. The zero-order valence-electron chi connectivity index (χ0n) is 13.7. The van der Waals surface area contributed by atoms with Crippen LogP contribution in [0.4, 0.5) is 5.69 Å². The molecule has 0 fully saturated rings. The first kappa shape index (κ1) is 15.5. The van der Waals surface area contributed by atoms with Crippen molar-refractivity contribution in [3.63, 3.8) is 0 Å². The number of benzene rings is 1. The summed E-state index contributed by atoms with van der Waals surface area (Å²) in [5.74, 6) is 0.527. The van der Waals surface area contributed by atoms with Crippen molar-refractivity contribution in [1.29, 1.82) is 0 Å². The Morgan fingerprint density at radius 2 is 1.96 bits per heavy atom. The van der Waals surface area contributed by atoms with Gasteiger partial charge in [0.2, 0.25) is 5.78 Å². The summed E-state index contributed by atoms with van der Waals surface area (Å²) in [6, 6.07) is 9.46. The molecule has 25 heavy (non-hydrogen) atoms. The Kier molecular flexibility index (Phi) is 3.77. The van der Waals surface area contributed by atoms with E-state index in [2.05, 4.69) is 20.3 Å². The minimum absolute atomic E-state index is 0.132. The summed E-state index contributed by atoms with van der Waals surface area (Å²) in [5, 5.41) is 3.80. The average molecular weight is 349 g/mol. The fourth-order valence-electron chi connectivity index (χ4n) is 2.62. The lowest BCUT2D eigenvalue weighted by molar-refractivity contribution is 0.103. The van der Waals surface area contributed by atoms with E-state index in [1.54, 1.807) is 6.20 Å². The largest absolute Gasteiger partial charge is 0.321 e. The van der Waals surface area contributed by atoms with E-state index in [-0.39, 0.29) is 5.91 Å². The number of carbonyl (C=O) groups is 1. The summed E-state index contributed by atoms with van der Waals surface area (Å²) < 4.78 is 1.87. The zero-order valence-corrected chi connectivity index (χ0v) is 14.5. The van der Waals surface area contributed by atoms with Crippen LogP contribution in [-0.2, 0) is 0 Å². The maximum atomic E-state index is 12.4. The molecule has 0 radical (unpaired) electrons. The molecule has 0 saturated heterocycles. The second kappa shape index (κ2) is 6.10. The Labute approximate surface area is 148 Å². The van der Waals surface area contributed by atoms with Crippen molar-refractivity contribution >= 4 is 28.7 Å². The first-order valence-corrected chi connectivity index (χ1v) is 8.57. The Balaban J connectivity index is 1.55. The molecule has 3 heterocycles. The van der Waals surface area contributed by atoms with Gasteiger partial charge in [0.15, 0.2) is 0 Å². The molecule has 0 bridgehead atoms. The lowest BCUT2D eigenvalue weighted by Crippen LogP contribution is -2.11. The van der Waals surface area contributed by atoms with Crippen LogP contribution in [-0.4, -0.2) is 25.3 Å². The monoisotopic (exact) mass is 349 g/mol. The smallest absolute Gasteiger partial charge is 0.267 e. The number of imidazole rings is 1. The number of aromatic nitrogens is 4. The second-order valence-corrected chi connectivity index (χ2v) is 6.84. The molecule has 0 aliphatic heterocycles. The number of anilines is 1. The van der Waals surface area contributed by atoms with Gasteiger partial charge in [-0.25, -0.2) is 15.0 Å². The fourth-order valence-corrected chi connectivity index (χ4v) is 3.44. The molecule has 7 heteroatoms. The van der Waals surface area contributed by atoms with Crippen LogP contribution in [0.1, 0.15) is 20.4 Å². The van der Waals surface area contributed by atoms with E-state index >= 15 is 0 Å². The molecule has 0 aliphatic rings. The Bertz CT molecular complexity index is 1030. The minimum Gasteiger partial charge on any atom is -0.321 e. The molecule has 0 unspecified atom stereocenters. The third-order valence-corrected chi connectivity index (χ3v) is 4.86. The van der Waals surface area contributed by atoms with Gasteiger partial charge in [-0.3, -0.25) is 9.20 Å². The molecule has 1 amide bonds. The van der Waals surface area contributed by atoms with Crippen LogP contribution < -0.4 is 5.32 Å². The lowest BCUT2D eigenvalue weighted by Gasteiger charge is -2.05. The van der Waals surface area contributed by atoms with E-state index < -0.39 is 0 Å². The van der Waals surface area contributed by atoms with Gasteiger partial charge in [-0.2, -0.15) is 0 Å². The van der Waals surface area contributed by atoms with Crippen LogP contribution in [0.15, 0.2) is 48.9 Å². The minimum atomic E-state index is -0.132. The van der Waals surface area contributed by atoms with Crippen molar-refractivity contribution in [2.75, 3.05) is 5.32 Å². The molecule has 0 atom stereocenters. The fraction of sp³-hybridized carbons (Fsp3) is 0.111. The summed E-state index contributed by atoms with van der Waals surface area (Å²) in [4.78, 5) is 26.0. The van der Waals surface area contributed by atoms with E-state index in [9.17, 15) is 4.79 Å². The van der Waals surface area contributed by atoms with Gasteiger partial charge in [0, 0.05) is 29.8 Å². The van der Waals surface area contributed by atoms with Gasteiger partial charge in [-0.1, -0.05) is 12.1 Å². The van der Waals surface area contributed by atoms with E-state index in [0.717, 1.165) is 27.6 Å². The first-order valence-electron chi connectivity index (χ1n) is 7.76. The Morgan fingerprint density at radius 1 is 1.16 bits per heavy atom. The number of hydrogen-bond donors (Lipinski definition) is 1. The third-order valence-electron chi connectivity index (χ3n) is 3.78. The number of carbonyl (C=O) groups excluding carboxylic acids is 1. The number of amides is 1. The lowest BCUT2D eigenvalue weighted by atomic mass is 10.1. The molecule has 0 saturated carbocycles. The van der Waals surface area contributed by atoms with Crippen molar-refractivity contribution < 1.29 is 4.79 Å². The van der Waals surface area contributed by atoms with Crippen LogP contribution in [0.25, 0.3) is 17.0 Å². The van der Waals surface area contributed by atoms with Crippen molar-refractivity contribution in [3.8, 4) is 11.3 Å². The quantitative estimate of drug-likeness (QED) is 0.612. The Hall–Kier alpha value is -3.06. The highest BCUT2D eigenvalue weighted by Gasteiger charge is 2.14. The molecular formula is C18H15N5OS. The molecule has 1 N–H and O–H groups in total. The van der Waals surface area contributed by atoms with Gasteiger partial charge < -0.3 is 5.32 Å². The average Bonchev–Trinajstić information content (AvgIpc) is 3.18. The van der Waals surface area contributed by atoms with E-state index in [0.29, 0.717) is 10.7 Å². The van der Waals surface area contributed by atoms with Crippen molar-refractivity contribution in [2.24, 2.45) is 0 Å². The highest BCUT2D eigenvalue weighted by atomic mass is 32.1. The van der Waals surface area contributed by atoms with Crippen LogP contribution in [0.5, 0.6) is 0 Å². The van der Waals surface area contributed by atoms with Crippen molar-refractivity contribution in [1.82, 2.24) is 19.4 Å². The highest BCUT2D eigenvalue weighted by molar-refractivity contribution is 7.13. The maximum absolute atomic E-state index is 12.4. The van der Waals surface area contributed by atoms with Crippen LogP contribution in [0.2, 0.25) is 0 Å². The standard InChI is InChI=1S/C18H15N5OS/c1-11-16(25-12(2)20-11)17(24)21-14-6-4-13(5-7-14)15-10-23-9-3-8-19-18(23)22-15/h3-10H,1-2H3,(H,21,24). The number of nitrogens with one attached hydrogen (secondary N) is 1. The third kappa shape index (κ3) is 3.01. The second-order valence-electron chi connectivity index (χ2n) is 5.63. The molecule has 4 aromatic rings. The van der Waals surface area contributed by atoms with Gasteiger partial charge in [0.1, 0.15) is 4.88 Å². The van der Waals surface area contributed by atoms with Crippen LogP contribution in [0, 0.1) is 13.8 Å². The topological polar surface area (TPSA) is 72.2 Å². The maximum Gasteiger partial charge on any atom is 0.267 e. The van der Waals surface area contributed by atoms with Crippen LogP contribution in [0.3, 0.4) is 0 Å². The van der Waals surface area contributed by atoms with Crippen molar-refractivity contribution in [3.05, 3.63) is 64.5 Å².